The quantitative estimate of drug-likeness (QED) is 0.463. The van der Waals surface area contributed by atoms with Crippen LogP contribution in [0.25, 0.3) is 10.2 Å². The zero-order chi connectivity index (χ0) is 18.8. The number of fused-ring (bicyclic) bond motifs is 1. The molecule has 0 aliphatic rings. The minimum Gasteiger partial charge on any atom is -0.336 e. The third kappa shape index (κ3) is 3.53. The van der Waals surface area contributed by atoms with Crippen LogP contribution >= 0.6 is 11.3 Å². The zero-order valence-corrected chi connectivity index (χ0v) is 16.4. The molecule has 0 N–H and O–H groups in total. The first kappa shape index (κ1) is 17.6. The van der Waals surface area contributed by atoms with Gasteiger partial charge in [0.1, 0.15) is 5.69 Å². The Kier molecular flexibility index (Phi) is 4.82. The molecule has 0 saturated carbocycles. The number of benzene rings is 2. The molecule has 0 radical (unpaired) electrons. The molecule has 0 saturated heterocycles. The van der Waals surface area contributed by atoms with Crippen molar-refractivity contribution in [2.75, 3.05) is 7.05 Å². The van der Waals surface area contributed by atoms with Crippen molar-refractivity contribution in [3.05, 3.63) is 94.5 Å². The molecule has 2 heterocycles. The summed E-state index contributed by atoms with van der Waals surface area (Å²) in [6.07, 6.45) is 0. The molecule has 2 aromatic heterocycles. The van der Waals surface area contributed by atoms with Crippen molar-refractivity contribution in [3.63, 3.8) is 0 Å². The number of aromatic nitrogens is 1. The minimum absolute atomic E-state index is 0.0517. The fraction of sp³-hybridized carbons (Fsp3) is 0.174. The Morgan fingerprint density at radius 3 is 2.56 bits per heavy atom. The van der Waals surface area contributed by atoms with Crippen molar-refractivity contribution in [2.45, 2.75) is 20.0 Å². The van der Waals surface area contributed by atoms with Crippen LogP contribution in [0.4, 0.5) is 0 Å². The first-order valence-electron chi connectivity index (χ1n) is 9.04. The van der Waals surface area contributed by atoms with E-state index in [-0.39, 0.29) is 5.91 Å². The molecule has 1 amide bonds. The lowest BCUT2D eigenvalue weighted by molar-refractivity contribution is 0.0775. The first-order valence-corrected chi connectivity index (χ1v) is 9.92. The van der Waals surface area contributed by atoms with E-state index in [1.54, 1.807) is 16.2 Å². The molecule has 0 spiro atoms. The molecule has 0 bridgehead atoms. The normalized spacial score (nSPS) is 11.0. The number of rotatable bonds is 5. The SMILES string of the molecule is Cc1ccccc1Cn1c(C(=O)N(C)Cc2ccccc2)cc2sccc21. The number of carbonyl (C=O) groups is 1. The summed E-state index contributed by atoms with van der Waals surface area (Å²) in [4.78, 5) is 15.0. The maximum Gasteiger partial charge on any atom is 0.270 e. The summed E-state index contributed by atoms with van der Waals surface area (Å²) in [6.45, 7) is 3.42. The molecule has 4 heteroatoms. The second-order valence-corrected chi connectivity index (χ2v) is 7.81. The second-order valence-electron chi connectivity index (χ2n) is 6.86. The molecular formula is C23H22N2OS. The van der Waals surface area contributed by atoms with Gasteiger partial charge in [0, 0.05) is 20.1 Å². The third-order valence-electron chi connectivity index (χ3n) is 4.94. The average molecular weight is 375 g/mol. The van der Waals surface area contributed by atoms with Crippen LogP contribution in [-0.2, 0) is 13.1 Å². The van der Waals surface area contributed by atoms with Gasteiger partial charge in [-0.15, -0.1) is 11.3 Å². The summed E-state index contributed by atoms with van der Waals surface area (Å²) in [5, 5.41) is 2.08. The number of nitrogens with zero attached hydrogens (tertiary/aromatic N) is 2. The molecule has 4 aromatic rings. The van der Waals surface area contributed by atoms with E-state index in [9.17, 15) is 4.79 Å². The lowest BCUT2D eigenvalue weighted by Gasteiger charge is -2.19. The summed E-state index contributed by atoms with van der Waals surface area (Å²) in [7, 11) is 1.87. The fourth-order valence-electron chi connectivity index (χ4n) is 3.41. The second kappa shape index (κ2) is 7.41. The van der Waals surface area contributed by atoms with E-state index in [1.807, 2.05) is 37.4 Å². The van der Waals surface area contributed by atoms with Gasteiger partial charge in [-0.05, 0) is 41.1 Å². The topological polar surface area (TPSA) is 25.2 Å². The Morgan fingerprint density at radius 1 is 1.04 bits per heavy atom. The van der Waals surface area contributed by atoms with E-state index >= 15 is 0 Å². The van der Waals surface area contributed by atoms with Gasteiger partial charge < -0.3 is 9.47 Å². The highest BCUT2D eigenvalue weighted by molar-refractivity contribution is 7.17. The van der Waals surface area contributed by atoms with Crippen LogP contribution in [0.5, 0.6) is 0 Å². The zero-order valence-electron chi connectivity index (χ0n) is 15.6. The van der Waals surface area contributed by atoms with Gasteiger partial charge in [0.25, 0.3) is 5.91 Å². The standard InChI is InChI=1S/C23H22N2OS/c1-17-8-6-7-11-19(17)16-25-20-12-13-27-22(20)14-21(25)23(26)24(2)15-18-9-4-3-5-10-18/h3-14H,15-16H2,1-2H3. The number of hydrogen-bond acceptors (Lipinski definition) is 2. The van der Waals surface area contributed by atoms with Crippen LogP contribution in [-0.4, -0.2) is 22.4 Å². The van der Waals surface area contributed by atoms with Crippen molar-refractivity contribution >= 4 is 27.5 Å². The highest BCUT2D eigenvalue weighted by Crippen LogP contribution is 2.27. The summed E-state index contributed by atoms with van der Waals surface area (Å²) < 4.78 is 3.30. The Labute approximate surface area is 163 Å². The first-order chi connectivity index (χ1) is 13.1. The Hall–Kier alpha value is -2.85. The molecule has 0 fully saturated rings. The van der Waals surface area contributed by atoms with Gasteiger partial charge in [-0.25, -0.2) is 0 Å². The summed E-state index contributed by atoms with van der Waals surface area (Å²) in [5.41, 5.74) is 5.48. The van der Waals surface area contributed by atoms with Gasteiger partial charge in [-0.1, -0.05) is 54.6 Å². The largest absolute Gasteiger partial charge is 0.336 e. The Balaban J connectivity index is 1.68. The molecule has 136 valence electrons. The van der Waals surface area contributed by atoms with E-state index in [0.29, 0.717) is 13.1 Å². The number of thiophene rings is 1. The smallest absolute Gasteiger partial charge is 0.270 e. The summed E-state index contributed by atoms with van der Waals surface area (Å²) in [5.74, 6) is 0.0517. The molecule has 0 unspecified atom stereocenters. The van der Waals surface area contributed by atoms with E-state index < -0.39 is 0 Å². The van der Waals surface area contributed by atoms with Crippen LogP contribution in [0.15, 0.2) is 72.1 Å². The van der Waals surface area contributed by atoms with Crippen molar-refractivity contribution in [3.8, 4) is 0 Å². The number of aryl methyl sites for hydroxylation is 1. The maximum atomic E-state index is 13.2. The van der Waals surface area contributed by atoms with Gasteiger partial charge >= 0.3 is 0 Å². The molecule has 4 rings (SSSR count). The van der Waals surface area contributed by atoms with Gasteiger partial charge in [-0.2, -0.15) is 0 Å². The number of hydrogen-bond donors (Lipinski definition) is 0. The molecule has 0 aliphatic heterocycles. The lowest BCUT2D eigenvalue weighted by atomic mass is 10.1. The lowest BCUT2D eigenvalue weighted by Crippen LogP contribution is -2.28. The minimum atomic E-state index is 0.0517. The highest BCUT2D eigenvalue weighted by Gasteiger charge is 2.20. The molecule has 0 atom stereocenters. The van der Waals surface area contributed by atoms with Crippen LogP contribution in [0.1, 0.15) is 27.2 Å². The molecule has 27 heavy (non-hydrogen) atoms. The highest BCUT2D eigenvalue weighted by atomic mass is 32.1. The van der Waals surface area contributed by atoms with E-state index in [4.69, 9.17) is 0 Å². The summed E-state index contributed by atoms with van der Waals surface area (Å²) in [6, 6.07) is 22.6. The van der Waals surface area contributed by atoms with Crippen molar-refractivity contribution in [2.24, 2.45) is 0 Å². The van der Waals surface area contributed by atoms with Crippen LogP contribution in [0.3, 0.4) is 0 Å². The monoisotopic (exact) mass is 374 g/mol. The van der Waals surface area contributed by atoms with Crippen molar-refractivity contribution < 1.29 is 4.79 Å². The van der Waals surface area contributed by atoms with E-state index in [1.165, 1.54) is 11.1 Å². The van der Waals surface area contributed by atoms with Crippen molar-refractivity contribution in [1.29, 1.82) is 0 Å². The summed E-state index contributed by atoms with van der Waals surface area (Å²) >= 11 is 1.68. The Morgan fingerprint density at radius 2 is 1.78 bits per heavy atom. The van der Waals surface area contributed by atoms with Gasteiger partial charge in [0.05, 0.1) is 10.2 Å². The van der Waals surface area contributed by atoms with Crippen LogP contribution < -0.4 is 0 Å². The number of amides is 1. The fourth-order valence-corrected chi connectivity index (χ4v) is 4.23. The predicted molar refractivity (Wildman–Crippen MR) is 112 cm³/mol. The molecule has 3 nitrogen and oxygen atoms in total. The predicted octanol–water partition coefficient (Wildman–Crippen LogP) is 5.33. The van der Waals surface area contributed by atoms with Crippen LogP contribution in [0, 0.1) is 6.92 Å². The molecular weight excluding hydrogens is 352 g/mol. The van der Waals surface area contributed by atoms with Gasteiger partial charge in [-0.3, -0.25) is 4.79 Å². The van der Waals surface area contributed by atoms with Gasteiger partial charge in [0.2, 0.25) is 0 Å². The van der Waals surface area contributed by atoms with E-state index in [0.717, 1.165) is 21.5 Å². The Bertz CT molecular complexity index is 1080. The molecule has 0 aliphatic carbocycles. The van der Waals surface area contributed by atoms with Crippen LogP contribution in [0.2, 0.25) is 0 Å². The third-order valence-corrected chi connectivity index (χ3v) is 5.79. The molecule has 2 aromatic carbocycles. The number of carbonyl (C=O) groups excluding carboxylic acids is 1. The average Bonchev–Trinajstić information content (AvgIpc) is 3.26. The van der Waals surface area contributed by atoms with Crippen molar-refractivity contribution in [1.82, 2.24) is 9.47 Å². The maximum absolute atomic E-state index is 13.2. The van der Waals surface area contributed by atoms with E-state index in [2.05, 4.69) is 53.3 Å². The van der Waals surface area contributed by atoms with Gasteiger partial charge in [0.15, 0.2) is 0 Å².